The average molecular weight is 396 g/mol. The van der Waals surface area contributed by atoms with E-state index in [-0.39, 0.29) is 0 Å². The lowest BCUT2D eigenvalue weighted by molar-refractivity contribution is 0.417. The van der Waals surface area contributed by atoms with E-state index in [1.54, 1.807) is 55.8 Å². The third-order valence-electron chi connectivity index (χ3n) is 3.26. The Bertz CT molecular complexity index is 905. The van der Waals surface area contributed by atoms with Crippen molar-refractivity contribution in [3.63, 3.8) is 0 Å². The number of hydrogen-bond donors (Lipinski definition) is 2. The molecular formula is C17H13Cl3N4O. The second-order valence-corrected chi connectivity index (χ2v) is 6.26. The molecule has 8 heteroatoms. The van der Waals surface area contributed by atoms with Crippen LogP contribution in [0, 0.1) is 0 Å². The molecule has 128 valence electrons. The molecule has 0 saturated heterocycles. The van der Waals surface area contributed by atoms with Crippen LogP contribution in [0.3, 0.4) is 0 Å². The largest absolute Gasteiger partial charge is 0.495 e. The zero-order valence-electron chi connectivity index (χ0n) is 13.1. The van der Waals surface area contributed by atoms with Gasteiger partial charge in [-0.3, -0.25) is 0 Å². The monoisotopic (exact) mass is 394 g/mol. The van der Waals surface area contributed by atoms with Crippen LogP contribution in [0.4, 0.5) is 23.1 Å². The maximum absolute atomic E-state index is 6.16. The molecule has 0 atom stereocenters. The number of ether oxygens (including phenoxy) is 1. The topological polar surface area (TPSA) is 59.1 Å². The van der Waals surface area contributed by atoms with Gasteiger partial charge in [0.25, 0.3) is 0 Å². The minimum Gasteiger partial charge on any atom is -0.495 e. The van der Waals surface area contributed by atoms with Gasteiger partial charge in [0.2, 0.25) is 5.95 Å². The SMILES string of the molecule is COc1ccc(Cl)cc1Nc1ccnc(Nc2ccc(Cl)cc2Cl)n1. The van der Waals surface area contributed by atoms with Crippen LogP contribution < -0.4 is 15.4 Å². The van der Waals surface area contributed by atoms with Crippen molar-refractivity contribution < 1.29 is 4.74 Å². The third kappa shape index (κ3) is 4.45. The van der Waals surface area contributed by atoms with Crippen LogP contribution in [0.1, 0.15) is 0 Å². The van der Waals surface area contributed by atoms with Crippen LogP contribution in [-0.2, 0) is 0 Å². The van der Waals surface area contributed by atoms with Crippen LogP contribution >= 0.6 is 34.8 Å². The maximum atomic E-state index is 6.16. The first-order chi connectivity index (χ1) is 12.0. The van der Waals surface area contributed by atoms with Crippen molar-refractivity contribution >= 4 is 57.9 Å². The number of nitrogens with zero attached hydrogens (tertiary/aromatic N) is 2. The summed E-state index contributed by atoms with van der Waals surface area (Å²) in [5.41, 5.74) is 1.35. The fourth-order valence-electron chi connectivity index (χ4n) is 2.12. The van der Waals surface area contributed by atoms with E-state index in [2.05, 4.69) is 20.6 Å². The van der Waals surface area contributed by atoms with Crippen LogP contribution in [0.5, 0.6) is 5.75 Å². The van der Waals surface area contributed by atoms with Gasteiger partial charge in [-0.2, -0.15) is 4.98 Å². The summed E-state index contributed by atoms with van der Waals surface area (Å²) in [4.78, 5) is 8.60. The van der Waals surface area contributed by atoms with Crippen LogP contribution in [0.2, 0.25) is 15.1 Å². The van der Waals surface area contributed by atoms with Gasteiger partial charge in [0.15, 0.2) is 0 Å². The van der Waals surface area contributed by atoms with Crippen LogP contribution in [0.15, 0.2) is 48.7 Å². The number of anilines is 4. The molecular weight excluding hydrogens is 383 g/mol. The predicted octanol–water partition coefficient (Wildman–Crippen LogP) is 5.93. The molecule has 0 bridgehead atoms. The Balaban J connectivity index is 1.83. The number of nitrogens with one attached hydrogen (secondary N) is 2. The highest BCUT2D eigenvalue weighted by molar-refractivity contribution is 6.36. The summed E-state index contributed by atoms with van der Waals surface area (Å²) in [5, 5.41) is 7.83. The Hall–Kier alpha value is -2.21. The summed E-state index contributed by atoms with van der Waals surface area (Å²) in [6, 6.07) is 12.1. The summed E-state index contributed by atoms with van der Waals surface area (Å²) in [6.07, 6.45) is 1.62. The lowest BCUT2D eigenvalue weighted by atomic mass is 10.3. The van der Waals surface area contributed by atoms with E-state index >= 15 is 0 Å². The van der Waals surface area contributed by atoms with Gasteiger partial charge in [-0.05, 0) is 42.5 Å². The van der Waals surface area contributed by atoms with Gasteiger partial charge >= 0.3 is 0 Å². The molecule has 3 rings (SSSR count). The molecule has 0 aliphatic carbocycles. The number of benzene rings is 2. The first-order valence-corrected chi connectivity index (χ1v) is 8.34. The van der Waals surface area contributed by atoms with Crippen molar-refractivity contribution in [3.8, 4) is 5.75 Å². The molecule has 0 fully saturated rings. The van der Waals surface area contributed by atoms with Crippen LogP contribution in [0.25, 0.3) is 0 Å². The third-order valence-corrected chi connectivity index (χ3v) is 4.04. The summed E-state index contributed by atoms with van der Waals surface area (Å²) in [6.45, 7) is 0. The molecule has 2 N–H and O–H groups in total. The van der Waals surface area contributed by atoms with Crippen molar-refractivity contribution in [2.45, 2.75) is 0 Å². The van der Waals surface area contributed by atoms with E-state index in [1.807, 2.05) is 0 Å². The zero-order valence-corrected chi connectivity index (χ0v) is 15.3. The van der Waals surface area contributed by atoms with Crippen molar-refractivity contribution in [1.29, 1.82) is 0 Å². The Morgan fingerprint density at radius 1 is 0.880 bits per heavy atom. The molecule has 3 aromatic rings. The Morgan fingerprint density at radius 3 is 2.40 bits per heavy atom. The Labute approximate surface area is 159 Å². The molecule has 1 aromatic heterocycles. The van der Waals surface area contributed by atoms with E-state index in [0.717, 1.165) is 0 Å². The summed E-state index contributed by atoms with van der Waals surface area (Å²) < 4.78 is 5.32. The summed E-state index contributed by atoms with van der Waals surface area (Å²) >= 11 is 18.1. The zero-order chi connectivity index (χ0) is 17.8. The van der Waals surface area contributed by atoms with Crippen molar-refractivity contribution in [2.75, 3.05) is 17.7 Å². The molecule has 0 aliphatic heterocycles. The van der Waals surface area contributed by atoms with Gasteiger partial charge in [0, 0.05) is 16.2 Å². The molecule has 25 heavy (non-hydrogen) atoms. The Morgan fingerprint density at radius 2 is 1.64 bits per heavy atom. The molecule has 0 amide bonds. The van der Waals surface area contributed by atoms with Crippen LogP contribution in [-0.4, -0.2) is 17.1 Å². The molecule has 0 aliphatic rings. The highest BCUT2D eigenvalue weighted by atomic mass is 35.5. The van der Waals surface area contributed by atoms with E-state index in [4.69, 9.17) is 39.5 Å². The minimum atomic E-state index is 0.384. The highest BCUT2D eigenvalue weighted by Crippen LogP contribution is 2.31. The number of methoxy groups -OCH3 is 1. The lowest BCUT2D eigenvalue weighted by Crippen LogP contribution is -2.01. The molecule has 0 unspecified atom stereocenters. The van der Waals surface area contributed by atoms with E-state index in [0.29, 0.717) is 44.0 Å². The van der Waals surface area contributed by atoms with Gasteiger partial charge in [-0.1, -0.05) is 34.8 Å². The smallest absolute Gasteiger partial charge is 0.229 e. The van der Waals surface area contributed by atoms with Gasteiger partial charge in [0.05, 0.1) is 23.5 Å². The molecule has 0 spiro atoms. The molecule has 0 saturated carbocycles. The second kappa shape index (κ2) is 7.78. The fourth-order valence-corrected chi connectivity index (χ4v) is 2.74. The standard InChI is InChI=1S/C17H13Cl3N4O/c1-25-15-5-3-11(19)9-14(15)22-16-6-7-21-17(24-16)23-13-4-2-10(18)8-12(13)20/h2-9H,1H3,(H2,21,22,23,24). The lowest BCUT2D eigenvalue weighted by Gasteiger charge is -2.12. The average Bonchev–Trinajstić information content (AvgIpc) is 2.58. The van der Waals surface area contributed by atoms with Gasteiger partial charge < -0.3 is 15.4 Å². The summed E-state index contributed by atoms with van der Waals surface area (Å²) in [5.74, 6) is 1.61. The Kier molecular flexibility index (Phi) is 5.48. The molecule has 2 aromatic carbocycles. The number of aromatic nitrogens is 2. The van der Waals surface area contributed by atoms with Gasteiger partial charge in [-0.15, -0.1) is 0 Å². The van der Waals surface area contributed by atoms with E-state index in [9.17, 15) is 0 Å². The van der Waals surface area contributed by atoms with Crippen molar-refractivity contribution in [1.82, 2.24) is 9.97 Å². The van der Waals surface area contributed by atoms with E-state index < -0.39 is 0 Å². The molecule has 0 radical (unpaired) electrons. The first-order valence-electron chi connectivity index (χ1n) is 7.21. The van der Waals surface area contributed by atoms with Crippen molar-refractivity contribution in [3.05, 3.63) is 63.7 Å². The van der Waals surface area contributed by atoms with E-state index in [1.165, 1.54) is 0 Å². The quantitative estimate of drug-likeness (QED) is 0.560. The summed E-state index contributed by atoms with van der Waals surface area (Å²) in [7, 11) is 1.59. The predicted molar refractivity (Wildman–Crippen MR) is 103 cm³/mol. The maximum Gasteiger partial charge on any atom is 0.229 e. The number of halogens is 3. The normalized spacial score (nSPS) is 10.4. The van der Waals surface area contributed by atoms with Crippen molar-refractivity contribution in [2.24, 2.45) is 0 Å². The van der Waals surface area contributed by atoms with Gasteiger partial charge in [0.1, 0.15) is 11.6 Å². The molecule has 5 nitrogen and oxygen atoms in total. The number of hydrogen-bond acceptors (Lipinski definition) is 5. The molecule has 1 heterocycles. The second-order valence-electron chi connectivity index (χ2n) is 4.98. The highest BCUT2D eigenvalue weighted by Gasteiger charge is 2.08. The number of rotatable bonds is 5. The fraction of sp³-hybridized carbons (Fsp3) is 0.0588. The first kappa shape index (κ1) is 17.6. The van der Waals surface area contributed by atoms with Gasteiger partial charge in [-0.25, -0.2) is 4.98 Å². The minimum absolute atomic E-state index is 0.384.